The first-order chi connectivity index (χ1) is 8.46. The summed E-state index contributed by atoms with van der Waals surface area (Å²) >= 11 is 0. The normalized spacial score (nSPS) is 27.8. The van der Waals surface area contributed by atoms with Crippen molar-refractivity contribution in [3.63, 3.8) is 0 Å². The summed E-state index contributed by atoms with van der Waals surface area (Å²) in [6.07, 6.45) is 2.87. The van der Waals surface area contributed by atoms with Crippen molar-refractivity contribution in [3.05, 3.63) is 22.6 Å². The van der Waals surface area contributed by atoms with Gasteiger partial charge in [-0.1, -0.05) is 11.2 Å². The second-order valence-corrected chi connectivity index (χ2v) is 5.21. The summed E-state index contributed by atoms with van der Waals surface area (Å²) in [6.45, 7) is 2.02. The number of hydrogen-bond acceptors (Lipinski definition) is 6. The van der Waals surface area contributed by atoms with Crippen LogP contribution in [0.4, 0.5) is 0 Å². The number of ether oxygens (including phenoxy) is 2. The first kappa shape index (κ1) is 14.9. The van der Waals surface area contributed by atoms with Crippen molar-refractivity contribution >= 4 is 10.1 Å². The Morgan fingerprint density at radius 2 is 2.22 bits per heavy atom. The highest BCUT2D eigenvalue weighted by atomic mass is 32.2. The Bertz CT molecular complexity index is 443. The van der Waals surface area contributed by atoms with E-state index in [9.17, 15) is 8.42 Å². The van der Waals surface area contributed by atoms with Crippen LogP contribution in [0.2, 0.25) is 0 Å². The molecule has 102 valence electrons. The van der Waals surface area contributed by atoms with Crippen LogP contribution in [0.25, 0.3) is 10.4 Å². The van der Waals surface area contributed by atoms with E-state index in [-0.39, 0.29) is 6.61 Å². The Morgan fingerprint density at radius 1 is 1.50 bits per heavy atom. The van der Waals surface area contributed by atoms with Gasteiger partial charge in [0.25, 0.3) is 10.1 Å². The maximum atomic E-state index is 10.9. The molecule has 0 aliphatic carbocycles. The number of nitrogens with zero attached hydrogens (tertiary/aromatic N) is 3. The van der Waals surface area contributed by atoms with Crippen molar-refractivity contribution in [1.29, 1.82) is 0 Å². The molecular formula is C9H15N3O5S. The van der Waals surface area contributed by atoms with Gasteiger partial charge in [0.2, 0.25) is 0 Å². The maximum Gasteiger partial charge on any atom is 0.264 e. The van der Waals surface area contributed by atoms with Gasteiger partial charge in [0.15, 0.2) is 6.29 Å². The third kappa shape index (κ3) is 5.03. The summed E-state index contributed by atoms with van der Waals surface area (Å²) in [5.74, 6) is 0. The van der Waals surface area contributed by atoms with Crippen molar-refractivity contribution in [2.45, 2.75) is 25.4 Å². The Kier molecular flexibility index (Phi) is 5.57. The highest BCUT2D eigenvalue weighted by molar-refractivity contribution is 7.85. The molecule has 18 heavy (non-hydrogen) atoms. The van der Waals surface area contributed by atoms with Crippen LogP contribution in [0.15, 0.2) is 17.3 Å². The van der Waals surface area contributed by atoms with Crippen molar-refractivity contribution in [1.82, 2.24) is 0 Å². The van der Waals surface area contributed by atoms with E-state index in [4.69, 9.17) is 15.0 Å². The smallest absolute Gasteiger partial charge is 0.264 e. The fourth-order valence-corrected chi connectivity index (χ4v) is 1.77. The van der Waals surface area contributed by atoms with Crippen LogP contribution in [-0.4, -0.2) is 46.3 Å². The highest BCUT2D eigenvalue weighted by Gasteiger charge is 2.28. The third-order valence-electron chi connectivity index (χ3n) is 2.12. The molecular weight excluding hydrogens is 262 g/mol. The third-order valence-corrected chi connectivity index (χ3v) is 2.68. The number of rotatable bonds is 6. The summed E-state index contributed by atoms with van der Waals surface area (Å²) in [7, 11) is -3.57. The lowest BCUT2D eigenvalue weighted by Gasteiger charge is -2.29. The van der Waals surface area contributed by atoms with Gasteiger partial charge in [-0.25, -0.2) is 0 Å². The van der Waals surface area contributed by atoms with Gasteiger partial charge >= 0.3 is 0 Å². The summed E-state index contributed by atoms with van der Waals surface area (Å²) in [6, 6.07) is -0.617. The zero-order chi connectivity index (χ0) is 13.6. The van der Waals surface area contributed by atoms with Gasteiger partial charge in [-0.15, -0.1) is 0 Å². The molecule has 0 amide bonds. The summed E-state index contributed by atoms with van der Waals surface area (Å²) in [5.41, 5.74) is 8.41. The first-order valence-corrected chi connectivity index (χ1v) is 7.12. The Labute approximate surface area is 105 Å². The SMILES string of the molecule is CCOC1C=CC(N=[N+]=[N-])C(COS(C)(=O)=O)O1. The van der Waals surface area contributed by atoms with E-state index in [0.717, 1.165) is 6.26 Å². The molecule has 0 saturated heterocycles. The lowest BCUT2D eigenvalue weighted by molar-refractivity contribution is -0.155. The molecule has 0 N–H and O–H groups in total. The van der Waals surface area contributed by atoms with Gasteiger partial charge in [0.1, 0.15) is 0 Å². The van der Waals surface area contributed by atoms with Crippen molar-refractivity contribution < 1.29 is 22.1 Å². The lowest BCUT2D eigenvalue weighted by atomic mass is 10.1. The fraction of sp³-hybridized carbons (Fsp3) is 0.778. The predicted octanol–water partition coefficient (Wildman–Crippen LogP) is 0.959. The molecule has 0 aromatic rings. The van der Waals surface area contributed by atoms with Crippen LogP contribution in [0, 0.1) is 0 Å². The minimum atomic E-state index is -3.57. The van der Waals surface area contributed by atoms with E-state index < -0.39 is 28.6 Å². The molecule has 0 aromatic heterocycles. The minimum absolute atomic E-state index is 0.226. The van der Waals surface area contributed by atoms with E-state index in [1.165, 1.54) is 0 Å². The molecule has 3 atom stereocenters. The molecule has 0 bridgehead atoms. The van der Waals surface area contributed by atoms with Gasteiger partial charge in [0.05, 0.1) is 25.0 Å². The van der Waals surface area contributed by atoms with Gasteiger partial charge in [0, 0.05) is 11.5 Å². The van der Waals surface area contributed by atoms with E-state index in [0.29, 0.717) is 6.61 Å². The molecule has 3 unspecified atom stereocenters. The predicted molar refractivity (Wildman–Crippen MR) is 63.2 cm³/mol. The van der Waals surface area contributed by atoms with Crippen LogP contribution in [0.3, 0.4) is 0 Å². The molecule has 0 fully saturated rings. The van der Waals surface area contributed by atoms with Gasteiger partial charge < -0.3 is 9.47 Å². The summed E-state index contributed by atoms with van der Waals surface area (Å²) in [5, 5.41) is 3.50. The van der Waals surface area contributed by atoms with E-state index >= 15 is 0 Å². The molecule has 1 rings (SSSR count). The topological polar surface area (TPSA) is 111 Å². The van der Waals surface area contributed by atoms with Crippen molar-refractivity contribution in [2.75, 3.05) is 19.5 Å². The van der Waals surface area contributed by atoms with E-state index in [2.05, 4.69) is 14.2 Å². The van der Waals surface area contributed by atoms with Gasteiger partial charge in [-0.2, -0.15) is 8.42 Å². The largest absolute Gasteiger partial charge is 0.349 e. The molecule has 1 aliphatic rings. The standard InChI is InChI=1S/C9H15N3O5S/c1-3-15-9-5-4-7(11-12-10)8(17-9)6-16-18(2,13)14/h4-5,7-9H,3,6H2,1-2H3. The van der Waals surface area contributed by atoms with Gasteiger partial charge in [-0.3, -0.25) is 4.18 Å². The van der Waals surface area contributed by atoms with Crippen LogP contribution in [-0.2, 0) is 23.8 Å². The molecule has 0 aromatic carbocycles. The van der Waals surface area contributed by atoms with Crippen LogP contribution < -0.4 is 0 Å². The average Bonchev–Trinajstić information content (AvgIpc) is 2.29. The fourth-order valence-electron chi connectivity index (χ4n) is 1.39. The number of azide groups is 1. The lowest BCUT2D eigenvalue weighted by Crippen LogP contribution is -2.39. The summed E-state index contributed by atoms with van der Waals surface area (Å²) in [4.78, 5) is 2.67. The van der Waals surface area contributed by atoms with Crippen molar-refractivity contribution in [2.24, 2.45) is 5.11 Å². The Balaban J connectivity index is 2.70. The monoisotopic (exact) mass is 277 g/mol. The second-order valence-electron chi connectivity index (χ2n) is 3.57. The Hall–Kier alpha value is -1.12. The molecule has 0 spiro atoms. The Morgan fingerprint density at radius 3 is 2.78 bits per heavy atom. The molecule has 1 heterocycles. The first-order valence-electron chi connectivity index (χ1n) is 5.30. The molecule has 1 aliphatic heterocycles. The van der Waals surface area contributed by atoms with Crippen molar-refractivity contribution in [3.8, 4) is 0 Å². The zero-order valence-electron chi connectivity index (χ0n) is 10.1. The maximum absolute atomic E-state index is 10.9. The highest BCUT2D eigenvalue weighted by Crippen LogP contribution is 2.18. The molecule has 9 heteroatoms. The zero-order valence-corrected chi connectivity index (χ0v) is 10.9. The van der Waals surface area contributed by atoms with Gasteiger partial charge in [-0.05, 0) is 18.5 Å². The number of hydrogen-bond donors (Lipinski definition) is 0. The quantitative estimate of drug-likeness (QED) is 0.236. The van der Waals surface area contributed by atoms with Crippen LogP contribution in [0.1, 0.15) is 6.92 Å². The van der Waals surface area contributed by atoms with Crippen LogP contribution >= 0.6 is 0 Å². The van der Waals surface area contributed by atoms with E-state index in [1.807, 2.05) is 0 Å². The molecule has 8 nitrogen and oxygen atoms in total. The molecule has 0 radical (unpaired) electrons. The second kappa shape index (κ2) is 6.72. The molecule has 0 saturated carbocycles. The summed E-state index contributed by atoms with van der Waals surface area (Å²) < 4.78 is 37.1. The van der Waals surface area contributed by atoms with E-state index in [1.54, 1.807) is 19.1 Å². The van der Waals surface area contributed by atoms with Crippen LogP contribution in [0.5, 0.6) is 0 Å². The minimum Gasteiger partial charge on any atom is -0.349 e. The average molecular weight is 277 g/mol.